The summed E-state index contributed by atoms with van der Waals surface area (Å²) in [5.41, 5.74) is 5.60. The van der Waals surface area contributed by atoms with Gasteiger partial charge in [-0.15, -0.1) is 0 Å². The predicted octanol–water partition coefficient (Wildman–Crippen LogP) is 3.55. The first-order chi connectivity index (χ1) is 9.91. The van der Waals surface area contributed by atoms with Crippen LogP contribution in [0.15, 0.2) is 22.8 Å². The van der Waals surface area contributed by atoms with Gasteiger partial charge < -0.3 is 10.2 Å². The van der Waals surface area contributed by atoms with Crippen molar-refractivity contribution < 1.29 is 17.6 Å². The highest BCUT2D eigenvalue weighted by Crippen LogP contribution is 2.43. The molecule has 1 aliphatic rings. The molecule has 21 heavy (non-hydrogen) atoms. The maximum absolute atomic E-state index is 12.8. The molecule has 1 heterocycles. The molecule has 0 aromatic carbocycles. The second-order valence-electron chi connectivity index (χ2n) is 5.84. The Hall–Kier alpha value is -1.01. The zero-order valence-electron chi connectivity index (χ0n) is 12.3. The van der Waals surface area contributed by atoms with Gasteiger partial charge in [0, 0.05) is 12.1 Å². The fourth-order valence-electron chi connectivity index (χ4n) is 3.34. The van der Waals surface area contributed by atoms with E-state index < -0.39 is 12.1 Å². The maximum Gasteiger partial charge on any atom is 0.391 e. The zero-order chi connectivity index (χ0) is 15.5. The van der Waals surface area contributed by atoms with Crippen LogP contribution in [0.2, 0.25) is 0 Å². The number of halogens is 3. The lowest BCUT2D eigenvalue weighted by molar-refractivity contribution is -0.188. The fraction of sp³-hybridized carbons (Fsp3) is 0.733. The largest absolute Gasteiger partial charge is 0.468 e. The number of hydrogen-bond acceptors (Lipinski definition) is 3. The van der Waals surface area contributed by atoms with Gasteiger partial charge in [-0.25, -0.2) is 0 Å². The summed E-state index contributed by atoms with van der Waals surface area (Å²) in [4.78, 5) is 2.17. The van der Waals surface area contributed by atoms with Crippen molar-refractivity contribution in [2.24, 2.45) is 11.7 Å². The topological polar surface area (TPSA) is 42.4 Å². The van der Waals surface area contributed by atoms with E-state index in [1.54, 1.807) is 6.26 Å². The highest BCUT2D eigenvalue weighted by molar-refractivity contribution is 5.02. The van der Waals surface area contributed by atoms with E-state index >= 15 is 0 Å². The van der Waals surface area contributed by atoms with Gasteiger partial charge in [0.05, 0.1) is 18.7 Å². The summed E-state index contributed by atoms with van der Waals surface area (Å²) in [7, 11) is 0. The second-order valence-corrected chi connectivity index (χ2v) is 5.84. The summed E-state index contributed by atoms with van der Waals surface area (Å²) in [5.74, 6) is -0.359. The summed E-state index contributed by atoms with van der Waals surface area (Å²) in [6.45, 7) is 3.73. The van der Waals surface area contributed by atoms with Gasteiger partial charge in [0.1, 0.15) is 5.76 Å². The van der Waals surface area contributed by atoms with Crippen molar-refractivity contribution in [3.63, 3.8) is 0 Å². The van der Waals surface area contributed by atoms with Crippen LogP contribution in [-0.4, -0.2) is 29.7 Å². The molecule has 3 nitrogen and oxygen atoms in total. The van der Waals surface area contributed by atoms with Crippen molar-refractivity contribution in [2.45, 2.75) is 50.9 Å². The van der Waals surface area contributed by atoms with Crippen molar-refractivity contribution in [1.29, 1.82) is 0 Å². The Labute approximate surface area is 123 Å². The Morgan fingerprint density at radius 2 is 2.05 bits per heavy atom. The van der Waals surface area contributed by atoms with Crippen molar-refractivity contribution in [3.8, 4) is 0 Å². The van der Waals surface area contributed by atoms with E-state index in [2.05, 4.69) is 4.90 Å². The lowest BCUT2D eigenvalue weighted by Gasteiger charge is -2.47. The molecule has 0 spiro atoms. The Morgan fingerprint density at radius 3 is 2.48 bits per heavy atom. The Bertz CT molecular complexity index is 423. The Morgan fingerprint density at radius 1 is 1.38 bits per heavy atom. The van der Waals surface area contributed by atoms with Crippen LogP contribution in [0.4, 0.5) is 13.2 Å². The highest BCUT2D eigenvalue weighted by Gasteiger charge is 2.47. The first kappa shape index (κ1) is 16.4. The molecule has 2 rings (SSSR count). The molecule has 1 fully saturated rings. The van der Waals surface area contributed by atoms with E-state index in [0.29, 0.717) is 25.9 Å². The molecular weight excluding hydrogens is 281 g/mol. The molecule has 0 amide bonds. The van der Waals surface area contributed by atoms with Crippen LogP contribution in [0, 0.1) is 5.92 Å². The molecule has 6 heteroatoms. The number of nitrogens with two attached hydrogens (primary N) is 1. The smallest absolute Gasteiger partial charge is 0.391 e. The third-order valence-electron chi connectivity index (χ3n) is 4.74. The monoisotopic (exact) mass is 304 g/mol. The van der Waals surface area contributed by atoms with Gasteiger partial charge in [0.25, 0.3) is 0 Å². The van der Waals surface area contributed by atoms with Gasteiger partial charge in [0.15, 0.2) is 0 Å². The number of nitrogens with zero attached hydrogens (tertiary/aromatic N) is 1. The van der Waals surface area contributed by atoms with E-state index in [9.17, 15) is 13.2 Å². The molecule has 1 aliphatic carbocycles. The van der Waals surface area contributed by atoms with Crippen LogP contribution in [0.25, 0.3) is 0 Å². The SMILES string of the molecule is CCN(Cc1ccco1)C1(CN)CCC(C(F)(F)F)CC1. The molecule has 0 radical (unpaired) electrons. The standard InChI is InChI=1S/C15H23F3N2O/c1-2-20(10-13-4-3-9-21-13)14(11-19)7-5-12(6-8-14)15(16,17)18/h3-4,9,12H,2,5-8,10-11,19H2,1H3. The molecule has 0 saturated heterocycles. The van der Waals surface area contributed by atoms with Crippen LogP contribution in [0.3, 0.4) is 0 Å². The minimum absolute atomic E-state index is 0.162. The molecule has 1 saturated carbocycles. The van der Waals surface area contributed by atoms with Gasteiger partial charge in [-0.1, -0.05) is 6.92 Å². The van der Waals surface area contributed by atoms with E-state index in [1.165, 1.54) is 0 Å². The van der Waals surface area contributed by atoms with Crippen LogP contribution >= 0.6 is 0 Å². The fourth-order valence-corrected chi connectivity index (χ4v) is 3.34. The van der Waals surface area contributed by atoms with Crippen LogP contribution in [-0.2, 0) is 6.54 Å². The summed E-state index contributed by atoms with van der Waals surface area (Å²) in [6, 6.07) is 3.70. The first-order valence-corrected chi connectivity index (χ1v) is 7.45. The molecule has 0 bridgehead atoms. The quantitative estimate of drug-likeness (QED) is 0.904. The van der Waals surface area contributed by atoms with Crippen LogP contribution < -0.4 is 5.73 Å². The lowest BCUT2D eigenvalue weighted by Crippen LogP contribution is -2.56. The van der Waals surface area contributed by atoms with Gasteiger partial charge in [-0.2, -0.15) is 13.2 Å². The average Bonchev–Trinajstić information content (AvgIpc) is 2.97. The highest BCUT2D eigenvalue weighted by atomic mass is 19.4. The molecule has 2 N–H and O–H groups in total. The molecular formula is C15H23F3N2O. The van der Waals surface area contributed by atoms with E-state index in [4.69, 9.17) is 10.2 Å². The maximum atomic E-state index is 12.8. The van der Waals surface area contributed by atoms with Gasteiger partial charge >= 0.3 is 6.18 Å². The molecule has 1 aromatic heterocycles. The number of rotatable bonds is 5. The lowest BCUT2D eigenvalue weighted by atomic mass is 9.75. The molecule has 0 atom stereocenters. The first-order valence-electron chi connectivity index (χ1n) is 7.45. The van der Waals surface area contributed by atoms with Crippen LogP contribution in [0.5, 0.6) is 0 Å². The minimum atomic E-state index is -4.08. The van der Waals surface area contributed by atoms with Crippen molar-refractivity contribution in [2.75, 3.05) is 13.1 Å². The zero-order valence-corrected chi connectivity index (χ0v) is 12.3. The Balaban J connectivity index is 2.07. The molecule has 1 aromatic rings. The number of likely N-dealkylation sites (N-methyl/N-ethyl adjacent to an activating group) is 1. The number of hydrogen-bond donors (Lipinski definition) is 1. The van der Waals surface area contributed by atoms with Gasteiger partial charge in [0.2, 0.25) is 0 Å². The molecule has 120 valence electrons. The molecule has 0 aliphatic heterocycles. The Kier molecular flexibility index (Phi) is 4.99. The van der Waals surface area contributed by atoms with Crippen molar-refractivity contribution in [1.82, 2.24) is 4.90 Å². The average molecular weight is 304 g/mol. The van der Waals surface area contributed by atoms with E-state index in [1.807, 2.05) is 19.1 Å². The summed E-state index contributed by atoms with van der Waals surface area (Å²) < 4.78 is 43.8. The number of alkyl halides is 3. The second kappa shape index (κ2) is 6.40. The van der Waals surface area contributed by atoms with E-state index in [0.717, 1.165) is 12.3 Å². The van der Waals surface area contributed by atoms with Crippen molar-refractivity contribution >= 4 is 0 Å². The summed E-state index contributed by atoms with van der Waals surface area (Å²) >= 11 is 0. The predicted molar refractivity (Wildman–Crippen MR) is 74.6 cm³/mol. The molecule has 0 unspecified atom stereocenters. The van der Waals surface area contributed by atoms with Crippen molar-refractivity contribution in [3.05, 3.63) is 24.2 Å². The normalized spacial score (nSPS) is 27.2. The minimum Gasteiger partial charge on any atom is -0.468 e. The van der Waals surface area contributed by atoms with Crippen LogP contribution in [0.1, 0.15) is 38.4 Å². The summed E-state index contributed by atoms with van der Waals surface area (Å²) in [5, 5.41) is 0. The third kappa shape index (κ3) is 3.61. The third-order valence-corrected chi connectivity index (χ3v) is 4.74. The van der Waals surface area contributed by atoms with E-state index in [-0.39, 0.29) is 18.4 Å². The summed E-state index contributed by atoms with van der Waals surface area (Å²) in [6.07, 6.45) is -1.17. The number of furan rings is 1. The van der Waals surface area contributed by atoms with Gasteiger partial charge in [-0.05, 0) is 44.4 Å². The van der Waals surface area contributed by atoms with Gasteiger partial charge in [-0.3, -0.25) is 4.90 Å².